The fourth-order valence-corrected chi connectivity index (χ4v) is 1.18. The molecule has 0 spiro atoms. The number of aromatic amines is 1. The quantitative estimate of drug-likeness (QED) is 0.802. The smallest absolute Gasteiger partial charge is 0.110 e. The first-order valence-electron chi connectivity index (χ1n) is 3.97. The molecule has 0 saturated heterocycles. The zero-order valence-corrected chi connectivity index (χ0v) is 8.63. The van der Waals surface area contributed by atoms with Crippen LogP contribution in [-0.4, -0.2) is 9.97 Å². The Morgan fingerprint density at radius 2 is 1.86 bits per heavy atom. The van der Waals surface area contributed by atoms with E-state index in [0.717, 1.165) is 12.2 Å². The molecule has 0 atom stereocenters. The lowest BCUT2D eigenvalue weighted by molar-refractivity contribution is 1.03. The number of rotatable bonds is 2. The fraction of sp³-hybridized carbons (Fsp3) is 0.100. The summed E-state index contributed by atoms with van der Waals surface area (Å²) in [5, 5.41) is 0. The van der Waals surface area contributed by atoms with Crippen LogP contribution in [0.1, 0.15) is 11.4 Å². The summed E-state index contributed by atoms with van der Waals surface area (Å²) in [5.41, 5.74) is 1.28. The highest BCUT2D eigenvalue weighted by molar-refractivity contribution is 5.85. The van der Waals surface area contributed by atoms with Gasteiger partial charge in [-0.1, -0.05) is 30.3 Å². The van der Waals surface area contributed by atoms with E-state index in [2.05, 4.69) is 22.1 Å². The molecule has 3 nitrogen and oxygen atoms in total. The minimum absolute atomic E-state index is 0. The summed E-state index contributed by atoms with van der Waals surface area (Å²) in [4.78, 5) is 7.23. The maximum atomic E-state index is 4.16. The van der Waals surface area contributed by atoms with E-state index in [1.165, 1.54) is 5.56 Å². The van der Waals surface area contributed by atoms with Crippen LogP contribution < -0.4 is 6.15 Å². The molecule has 0 aliphatic rings. The highest BCUT2D eigenvalue weighted by Crippen LogP contribution is 2.03. The normalized spacial score (nSPS) is 8.57. The van der Waals surface area contributed by atoms with E-state index in [4.69, 9.17) is 0 Å². The van der Waals surface area contributed by atoms with Gasteiger partial charge in [0.2, 0.25) is 0 Å². The van der Waals surface area contributed by atoms with Crippen molar-refractivity contribution in [1.29, 1.82) is 0 Å². The highest BCUT2D eigenvalue weighted by atomic mass is 35.5. The molecule has 0 aliphatic heterocycles. The van der Waals surface area contributed by atoms with Crippen molar-refractivity contribution in [3.05, 3.63) is 54.1 Å². The highest BCUT2D eigenvalue weighted by Gasteiger charge is 1.95. The molecule has 0 aliphatic carbocycles. The van der Waals surface area contributed by atoms with E-state index >= 15 is 0 Å². The zero-order chi connectivity index (χ0) is 8.23. The van der Waals surface area contributed by atoms with Gasteiger partial charge in [0.05, 0.1) is 0 Å². The molecule has 0 bridgehead atoms. The first-order valence-corrected chi connectivity index (χ1v) is 3.97. The summed E-state index contributed by atoms with van der Waals surface area (Å²) < 4.78 is 0. The fourth-order valence-electron chi connectivity index (χ4n) is 1.18. The minimum atomic E-state index is 0. The Morgan fingerprint density at radius 1 is 1.14 bits per heavy atom. The maximum Gasteiger partial charge on any atom is 0.110 e. The Kier molecular flexibility index (Phi) is 5.60. The van der Waals surface area contributed by atoms with Crippen LogP contribution in [0.2, 0.25) is 0 Å². The predicted octanol–water partition coefficient (Wildman–Crippen LogP) is 2.58. The van der Waals surface area contributed by atoms with Crippen LogP contribution in [0.5, 0.6) is 0 Å². The van der Waals surface area contributed by atoms with Gasteiger partial charge in [-0.25, -0.2) is 4.98 Å². The molecule has 1 aromatic heterocycles. The first-order chi connectivity index (χ1) is 5.95. The summed E-state index contributed by atoms with van der Waals surface area (Å²) in [7, 11) is 0. The van der Waals surface area contributed by atoms with Crippen molar-refractivity contribution in [2.45, 2.75) is 6.42 Å². The molecule has 0 unspecified atom stereocenters. The minimum Gasteiger partial charge on any atom is -0.348 e. The summed E-state index contributed by atoms with van der Waals surface area (Å²) in [6.45, 7) is 0. The van der Waals surface area contributed by atoms with Gasteiger partial charge in [0.1, 0.15) is 5.82 Å². The number of H-pyrrole nitrogens is 1. The van der Waals surface area contributed by atoms with Crippen molar-refractivity contribution < 1.29 is 0 Å². The first kappa shape index (κ1) is 12.7. The third-order valence-electron chi connectivity index (χ3n) is 1.77. The van der Waals surface area contributed by atoms with Crippen LogP contribution in [0.15, 0.2) is 42.7 Å². The Balaban J connectivity index is 0.000000845. The standard InChI is InChI=1S/C10H10N2.ClH.H3N/c1-2-4-9(5-3-1)8-10-11-6-7-12-10;;/h1-7H,8H2,(H,11,12);1H;1H3. The van der Waals surface area contributed by atoms with E-state index in [1.54, 1.807) is 6.20 Å². The summed E-state index contributed by atoms with van der Waals surface area (Å²) in [6, 6.07) is 10.3. The number of aromatic nitrogens is 2. The second kappa shape index (κ2) is 6.18. The van der Waals surface area contributed by atoms with Crippen molar-refractivity contribution in [2.75, 3.05) is 0 Å². The number of hydrogen-bond donors (Lipinski definition) is 2. The Labute approximate surface area is 89.6 Å². The van der Waals surface area contributed by atoms with Crippen LogP contribution >= 0.6 is 12.4 Å². The number of nitrogens with one attached hydrogen (secondary N) is 1. The van der Waals surface area contributed by atoms with Gasteiger partial charge in [-0.2, -0.15) is 0 Å². The molecule has 1 aromatic carbocycles. The second-order valence-electron chi connectivity index (χ2n) is 2.70. The second-order valence-corrected chi connectivity index (χ2v) is 2.70. The van der Waals surface area contributed by atoms with Crippen molar-refractivity contribution in [3.63, 3.8) is 0 Å². The average Bonchev–Trinajstić information content (AvgIpc) is 2.59. The molecular formula is C10H14ClN3. The summed E-state index contributed by atoms with van der Waals surface area (Å²) >= 11 is 0. The monoisotopic (exact) mass is 211 g/mol. The average molecular weight is 212 g/mol. The van der Waals surface area contributed by atoms with Crippen LogP contribution in [-0.2, 0) is 6.42 Å². The molecule has 0 amide bonds. The van der Waals surface area contributed by atoms with Crippen LogP contribution in [0.25, 0.3) is 0 Å². The molecular weight excluding hydrogens is 198 g/mol. The van der Waals surface area contributed by atoms with Crippen molar-refractivity contribution in [2.24, 2.45) is 0 Å². The van der Waals surface area contributed by atoms with Crippen LogP contribution in [0, 0.1) is 0 Å². The van der Waals surface area contributed by atoms with Gasteiger partial charge in [0.15, 0.2) is 0 Å². The molecule has 2 aromatic rings. The van der Waals surface area contributed by atoms with E-state index in [0.29, 0.717) is 0 Å². The Morgan fingerprint density at radius 3 is 2.43 bits per heavy atom. The predicted molar refractivity (Wildman–Crippen MR) is 60.1 cm³/mol. The number of hydrogen-bond acceptors (Lipinski definition) is 2. The van der Waals surface area contributed by atoms with Gasteiger partial charge in [-0.05, 0) is 5.56 Å². The number of nitrogens with zero attached hydrogens (tertiary/aromatic N) is 1. The van der Waals surface area contributed by atoms with Crippen LogP contribution in [0.3, 0.4) is 0 Å². The van der Waals surface area contributed by atoms with Crippen molar-refractivity contribution in [3.8, 4) is 0 Å². The SMILES string of the molecule is Cl.N.c1ccc(Cc2ncc[nH]2)cc1. The maximum absolute atomic E-state index is 4.16. The number of halogens is 1. The largest absolute Gasteiger partial charge is 0.348 e. The van der Waals surface area contributed by atoms with E-state index in [-0.39, 0.29) is 18.6 Å². The van der Waals surface area contributed by atoms with E-state index in [9.17, 15) is 0 Å². The molecule has 14 heavy (non-hydrogen) atoms. The zero-order valence-electron chi connectivity index (χ0n) is 7.81. The lowest BCUT2D eigenvalue weighted by atomic mass is 10.1. The molecule has 4 N–H and O–H groups in total. The molecule has 0 saturated carbocycles. The van der Waals surface area contributed by atoms with Gasteiger partial charge in [0.25, 0.3) is 0 Å². The van der Waals surface area contributed by atoms with Gasteiger partial charge < -0.3 is 11.1 Å². The molecule has 0 fully saturated rings. The molecule has 0 radical (unpaired) electrons. The van der Waals surface area contributed by atoms with Crippen molar-refractivity contribution in [1.82, 2.24) is 16.1 Å². The molecule has 1 heterocycles. The van der Waals surface area contributed by atoms with Gasteiger partial charge in [0, 0.05) is 18.8 Å². The van der Waals surface area contributed by atoms with Crippen LogP contribution in [0.4, 0.5) is 0 Å². The Hall–Kier alpha value is -1.32. The van der Waals surface area contributed by atoms with Gasteiger partial charge >= 0.3 is 0 Å². The third-order valence-corrected chi connectivity index (χ3v) is 1.77. The van der Waals surface area contributed by atoms with Gasteiger partial charge in [-0.15, -0.1) is 12.4 Å². The van der Waals surface area contributed by atoms with Crippen molar-refractivity contribution >= 4 is 12.4 Å². The summed E-state index contributed by atoms with van der Waals surface area (Å²) in [6.07, 6.45) is 4.50. The number of imidazole rings is 1. The molecule has 76 valence electrons. The molecule has 4 heteroatoms. The van der Waals surface area contributed by atoms with E-state index in [1.807, 2.05) is 24.4 Å². The lowest BCUT2D eigenvalue weighted by Crippen LogP contribution is -1.89. The molecule has 2 rings (SSSR count). The topological polar surface area (TPSA) is 63.7 Å². The lowest BCUT2D eigenvalue weighted by Gasteiger charge is -1.95. The Bertz CT molecular complexity index is 332. The third kappa shape index (κ3) is 3.20. The van der Waals surface area contributed by atoms with Gasteiger partial charge in [-0.3, -0.25) is 0 Å². The summed E-state index contributed by atoms with van der Waals surface area (Å²) in [5.74, 6) is 1.02. The number of benzene rings is 1. The van der Waals surface area contributed by atoms with E-state index < -0.39 is 0 Å².